The van der Waals surface area contributed by atoms with Crippen LogP contribution >= 0.6 is 23.2 Å². The van der Waals surface area contributed by atoms with Crippen molar-refractivity contribution >= 4 is 39.9 Å². The monoisotopic (exact) mass is 344 g/mol. The summed E-state index contributed by atoms with van der Waals surface area (Å²) in [5, 5.41) is 5.70. The van der Waals surface area contributed by atoms with Crippen molar-refractivity contribution in [3.8, 4) is 0 Å². The Kier molecular flexibility index (Phi) is 4.51. The minimum absolute atomic E-state index is 0.137. The van der Waals surface area contributed by atoms with E-state index in [0.717, 1.165) is 10.9 Å². The molecule has 1 heterocycles. The molecule has 1 aromatic heterocycles. The number of aromatic nitrogens is 1. The Balaban J connectivity index is 1.80. The van der Waals surface area contributed by atoms with Crippen LogP contribution in [0.15, 0.2) is 54.7 Å². The van der Waals surface area contributed by atoms with Crippen molar-refractivity contribution in [1.82, 2.24) is 10.3 Å². The SMILES string of the molecule is C[C@H](NC(=O)c1cnc(Cl)c(Cl)c1)c1ccc2ccccc2c1. The smallest absolute Gasteiger partial charge is 0.253 e. The molecule has 0 fully saturated rings. The zero-order valence-electron chi connectivity index (χ0n) is 12.4. The number of nitrogens with zero attached hydrogens (tertiary/aromatic N) is 1. The van der Waals surface area contributed by atoms with Gasteiger partial charge in [0.15, 0.2) is 0 Å². The maximum Gasteiger partial charge on any atom is 0.253 e. The molecule has 0 radical (unpaired) electrons. The summed E-state index contributed by atoms with van der Waals surface area (Å²) in [7, 11) is 0. The van der Waals surface area contributed by atoms with Gasteiger partial charge in [-0.2, -0.15) is 0 Å². The lowest BCUT2D eigenvalue weighted by Gasteiger charge is -2.15. The van der Waals surface area contributed by atoms with Crippen LogP contribution in [0.5, 0.6) is 0 Å². The van der Waals surface area contributed by atoms with Crippen LogP contribution in [-0.4, -0.2) is 10.9 Å². The molecule has 0 bridgehead atoms. The van der Waals surface area contributed by atoms with Crippen LogP contribution in [0.3, 0.4) is 0 Å². The van der Waals surface area contributed by atoms with Crippen LogP contribution in [0.1, 0.15) is 28.9 Å². The minimum Gasteiger partial charge on any atom is -0.345 e. The summed E-state index contributed by atoms with van der Waals surface area (Å²) in [5.74, 6) is -0.239. The zero-order chi connectivity index (χ0) is 16.4. The quantitative estimate of drug-likeness (QED) is 0.676. The van der Waals surface area contributed by atoms with Gasteiger partial charge in [0.1, 0.15) is 5.15 Å². The number of benzene rings is 2. The standard InChI is InChI=1S/C18H14Cl2N2O/c1-11(13-7-6-12-4-2-3-5-14(12)8-13)22-18(23)15-9-16(19)17(20)21-10-15/h2-11H,1H3,(H,22,23)/t11-/m0/s1. The van der Waals surface area contributed by atoms with Gasteiger partial charge in [0.05, 0.1) is 16.6 Å². The van der Waals surface area contributed by atoms with E-state index in [9.17, 15) is 4.79 Å². The first-order valence-electron chi connectivity index (χ1n) is 7.15. The van der Waals surface area contributed by atoms with E-state index in [1.165, 1.54) is 17.6 Å². The molecular formula is C18H14Cl2N2O. The van der Waals surface area contributed by atoms with Crippen LogP contribution in [-0.2, 0) is 0 Å². The average molecular weight is 345 g/mol. The Bertz CT molecular complexity index is 880. The normalized spacial score (nSPS) is 12.1. The maximum atomic E-state index is 12.3. The van der Waals surface area contributed by atoms with Crippen molar-refractivity contribution in [3.63, 3.8) is 0 Å². The third-order valence-corrected chi connectivity index (χ3v) is 4.37. The number of amides is 1. The lowest BCUT2D eigenvalue weighted by atomic mass is 10.0. The molecule has 0 saturated heterocycles. The van der Waals surface area contributed by atoms with Crippen molar-refractivity contribution < 1.29 is 4.79 Å². The first-order chi connectivity index (χ1) is 11.0. The van der Waals surface area contributed by atoms with E-state index in [1.54, 1.807) is 0 Å². The van der Waals surface area contributed by atoms with Gasteiger partial charge in [-0.1, -0.05) is 59.6 Å². The van der Waals surface area contributed by atoms with Crippen LogP contribution in [0.2, 0.25) is 10.2 Å². The molecule has 0 spiro atoms. The van der Waals surface area contributed by atoms with Crippen molar-refractivity contribution in [2.75, 3.05) is 0 Å². The first-order valence-corrected chi connectivity index (χ1v) is 7.91. The largest absolute Gasteiger partial charge is 0.345 e. The molecule has 1 atom stereocenters. The molecule has 1 N–H and O–H groups in total. The van der Waals surface area contributed by atoms with Gasteiger partial charge in [0.25, 0.3) is 5.91 Å². The number of rotatable bonds is 3. The predicted octanol–water partition coefficient (Wildman–Crippen LogP) is 5.03. The molecule has 0 saturated carbocycles. The van der Waals surface area contributed by atoms with Crippen molar-refractivity contribution in [3.05, 3.63) is 76.0 Å². The summed E-state index contributed by atoms with van der Waals surface area (Å²) in [6.07, 6.45) is 1.41. The lowest BCUT2D eigenvalue weighted by Crippen LogP contribution is -2.26. The molecule has 0 unspecified atom stereocenters. The molecule has 0 aliphatic rings. The molecule has 5 heteroatoms. The number of nitrogens with one attached hydrogen (secondary N) is 1. The van der Waals surface area contributed by atoms with Crippen LogP contribution in [0.4, 0.5) is 0 Å². The molecule has 3 aromatic rings. The second-order valence-electron chi connectivity index (χ2n) is 5.30. The Labute approximate surface area is 144 Å². The maximum absolute atomic E-state index is 12.3. The third kappa shape index (κ3) is 3.46. The summed E-state index contributed by atoms with van der Waals surface area (Å²) < 4.78 is 0. The number of hydrogen-bond donors (Lipinski definition) is 1. The average Bonchev–Trinajstić information content (AvgIpc) is 2.56. The molecule has 0 aliphatic heterocycles. The molecule has 1 amide bonds. The highest BCUT2D eigenvalue weighted by atomic mass is 35.5. The van der Waals surface area contributed by atoms with Gasteiger partial charge in [-0.3, -0.25) is 4.79 Å². The number of pyridine rings is 1. The zero-order valence-corrected chi connectivity index (χ0v) is 13.9. The summed E-state index contributed by atoms with van der Waals surface area (Å²) in [6.45, 7) is 1.94. The fourth-order valence-electron chi connectivity index (χ4n) is 2.39. The van der Waals surface area contributed by atoms with E-state index in [1.807, 2.05) is 31.2 Å². The topological polar surface area (TPSA) is 42.0 Å². The summed E-state index contributed by atoms with van der Waals surface area (Å²) in [4.78, 5) is 16.2. The third-order valence-electron chi connectivity index (χ3n) is 3.68. The highest BCUT2D eigenvalue weighted by Gasteiger charge is 2.13. The Morgan fingerprint density at radius 1 is 1.09 bits per heavy atom. The van der Waals surface area contributed by atoms with Gasteiger partial charge in [0, 0.05) is 6.20 Å². The number of fused-ring (bicyclic) bond motifs is 1. The van der Waals surface area contributed by atoms with Gasteiger partial charge >= 0.3 is 0 Å². The predicted molar refractivity (Wildman–Crippen MR) is 94.1 cm³/mol. The number of hydrogen-bond acceptors (Lipinski definition) is 2. The number of halogens is 2. The Hall–Kier alpha value is -2.10. The number of carbonyl (C=O) groups is 1. The molecular weight excluding hydrogens is 331 g/mol. The fourth-order valence-corrected chi connectivity index (χ4v) is 2.66. The Morgan fingerprint density at radius 3 is 2.57 bits per heavy atom. The van der Waals surface area contributed by atoms with Crippen molar-refractivity contribution in [2.45, 2.75) is 13.0 Å². The van der Waals surface area contributed by atoms with Crippen molar-refractivity contribution in [2.24, 2.45) is 0 Å². The first kappa shape index (κ1) is 15.8. The van der Waals surface area contributed by atoms with E-state index in [0.29, 0.717) is 5.56 Å². The van der Waals surface area contributed by atoms with E-state index in [-0.39, 0.29) is 22.1 Å². The summed E-state index contributed by atoms with van der Waals surface area (Å²) in [5.41, 5.74) is 1.41. The van der Waals surface area contributed by atoms with Gasteiger partial charge in [-0.05, 0) is 35.4 Å². The van der Waals surface area contributed by atoms with Gasteiger partial charge in [-0.25, -0.2) is 4.98 Å². The lowest BCUT2D eigenvalue weighted by molar-refractivity contribution is 0.0939. The second kappa shape index (κ2) is 6.57. The number of carbonyl (C=O) groups excluding carboxylic acids is 1. The van der Waals surface area contributed by atoms with Gasteiger partial charge in [-0.15, -0.1) is 0 Å². The van der Waals surface area contributed by atoms with Crippen LogP contribution < -0.4 is 5.32 Å². The van der Waals surface area contributed by atoms with E-state index < -0.39 is 0 Å². The molecule has 0 aliphatic carbocycles. The highest BCUT2D eigenvalue weighted by molar-refractivity contribution is 6.41. The highest BCUT2D eigenvalue weighted by Crippen LogP contribution is 2.22. The van der Waals surface area contributed by atoms with Crippen LogP contribution in [0.25, 0.3) is 10.8 Å². The molecule has 116 valence electrons. The van der Waals surface area contributed by atoms with E-state index >= 15 is 0 Å². The van der Waals surface area contributed by atoms with Gasteiger partial charge < -0.3 is 5.32 Å². The summed E-state index contributed by atoms with van der Waals surface area (Å²) in [6, 6.07) is 15.6. The minimum atomic E-state index is -0.239. The molecule has 23 heavy (non-hydrogen) atoms. The molecule has 3 rings (SSSR count). The van der Waals surface area contributed by atoms with Crippen molar-refractivity contribution in [1.29, 1.82) is 0 Å². The second-order valence-corrected chi connectivity index (χ2v) is 6.06. The van der Waals surface area contributed by atoms with Crippen LogP contribution in [0, 0.1) is 0 Å². The molecule has 3 nitrogen and oxygen atoms in total. The van der Waals surface area contributed by atoms with E-state index in [2.05, 4.69) is 28.5 Å². The Morgan fingerprint density at radius 2 is 1.83 bits per heavy atom. The van der Waals surface area contributed by atoms with Gasteiger partial charge in [0.2, 0.25) is 0 Å². The summed E-state index contributed by atoms with van der Waals surface area (Å²) >= 11 is 11.7. The van der Waals surface area contributed by atoms with E-state index in [4.69, 9.17) is 23.2 Å². The molecule has 2 aromatic carbocycles. The fraction of sp³-hybridized carbons (Fsp3) is 0.111.